The van der Waals surface area contributed by atoms with Gasteiger partial charge in [0.05, 0.1) is 15.9 Å². The van der Waals surface area contributed by atoms with Gasteiger partial charge in [0, 0.05) is 31.4 Å². The number of aromatic nitrogens is 3. The van der Waals surface area contributed by atoms with Gasteiger partial charge in [-0.1, -0.05) is 13.0 Å². The van der Waals surface area contributed by atoms with Crippen LogP contribution in [0.4, 0.5) is 0 Å². The van der Waals surface area contributed by atoms with E-state index in [0.717, 1.165) is 29.7 Å². The van der Waals surface area contributed by atoms with Crippen molar-refractivity contribution in [2.45, 2.75) is 46.7 Å². The zero-order valence-electron chi connectivity index (χ0n) is 13.2. The molecule has 5 heteroatoms. The molecule has 0 aliphatic carbocycles. The summed E-state index contributed by atoms with van der Waals surface area (Å²) in [5, 5.41) is 8.14. The number of hydrogen-bond acceptors (Lipinski definition) is 3. The monoisotopic (exact) mass is 350 g/mol. The highest BCUT2D eigenvalue weighted by Crippen LogP contribution is 2.26. The first kappa shape index (κ1) is 16.2. The smallest absolute Gasteiger partial charge is 0.0738 e. The largest absolute Gasteiger partial charge is 0.310 e. The lowest BCUT2D eigenvalue weighted by Gasteiger charge is -2.19. The average molecular weight is 351 g/mol. The fourth-order valence-corrected chi connectivity index (χ4v) is 3.03. The Morgan fingerprint density at radius 1 is 1.29 bits per heavy atom. The highest BCUT2D eigenvalue weighted by molar-refractivity contribution is 9.10. The Morgan fingerprint density at radius 3 is 2.67 bits per heavy atom. The maximum atomic E-state index is 4.58. The summed E-state index contributed by atoms with van der Waals surface area (Å²) in [6.07, 6.45) is 4.74. The van der Waals surface area contributed by atoms with E-state index in [4.69, 9.17) is 0 Å². The Hall–Kier alpha value is -1.20. The number of nitrogens with zero attached hydrogens (tertiary/aromatic N) is 3. The van der Waals surface area contributed by atoms with Gasteiger partial charge in [-0.2, -0.15) is 5.10 Å². The van der Waals surface area contributed by atoms with E-state index in [0.29, 0.717) is 0 Å². The third-order valence-corrected chi connectivity index (χ3v) is 4.63. The number of halogens is 1. The van der Waals surface area contributed by atoms with E-state index in [9.17, 15) is 0 Å². The van der Waals surface area contributed by atoms with Crippen LogP contribution in [0.25, 0.3) is 0 Å². The van der Waals surface area contributed by atoms with Crippen molar-refractivity contribution in [3.05, 3.63) is 45.4 Å². The molecule has 4 nitrogen and oxygen atoms in total. The highest BCUT2D eigenvalue weighted by Gasteiger charge is 2.18. The minimum absolute atomic E-state index is 0.250. The Morgan fingerprint density at radius 2 is 2.05 bits per heavy atom. The number of likely N-dealkylation sites (N-methyl/N-ethyl adjacent to an activating group) is 1. The predicted octanol–water partition coefficient (Wildman–Crippen LogP) is 3.57. The molecule has 0 saturated carbocycles. The van der Waals surface area contributed by atoms with Crippen molar-refractivity contribution in [2.75, 3.05) is 6.54 Å². The summed E-state index contributed by atoms with van der Waals surface area (Å²) in [6.45, 7) is 10.2. The van der Waals surface area contributed by atoms with Crippen LogP contribution in [0.5, 0.6) is 0 Å². The van der Waals surface area contributed by atoms with Gasteiger partial charge < -0.3 is 5.32 Å². The molecular formula is C16H23BrN4. The topological polar surface area (TPSA) is 42.7 Å². The van der Waals surface area contributed by atoms with Crippen LogP contribution in [0, 0.1) is 13.8 Å². The van der Waals surface area contributed by atoms with Gasteiger partial charge in [0.2, 0.25) is 0 Å². The lowest BCUT2D eigenvalue weighted by atomic mass is 10.0. The number of aryl methyl sites for hydroxylation is 3. The lowest BCUT2D eigenvalue weighted by molar-refractivity contribution is 0.514. The molecule has 2 aromatic heterocycles. The fraction of sp³-hybridized carbons (Fsp3) is 0.500. The summed E-state index contributed by atoms with van der Waals surface area (Å²) in [4.78, 5) is 4.33. The Balaban J connectivity index is 2.32. The SMILES string of the molecule is CCNC(Cc1c(Br)c(C)nn1CC)c1cncc(C)c1. The molecule has 21 heavy (non-hydrogen) atoms. The van der Waals surface area contributed by atoms with Crippen LogP contribution in [-0.4, -0.2) is 21.3 Å². The van der Waals surface area contributed by atoms with Gasteiger partial charge in [0.25, 0.3) is 0 Å². The molecule has 0 fully saturated rings. The summed E-state index contributed by atoms with van der Waals surface area (Å²) in [5.74, 6) is 0. The van der Waals surface area contributed by atoms with Crippen LogP contribution in [0.15, 0.2) is 22.9 Å². The Labute approximate surface area is 135 Å². The standard InChI is InChI=1S/C16H23BrN4/c1-5-19-14(13-7-11(3)9-18-10-13)8-15-16(17)12(4)20-21(15)6-2/h7,9-10,14,19H,5-6,8H2,1-4H3. The van der Waals surface area contributed by atoms with Gasteiger partial charge in [0.1, 0.15) is 0 Å². The second kappa shape index (κ2) is 7.18. The van der Waals surface area contributed by atoms with Crippen LogP contribution in [-0.2, 0) is 13.0 Å². The molecule has 0 aliphatic rings. The minimum atomic E-state index is 0.250. The zero-order chi connectivity index (χ0) is 15.4. The zero-order valence-corrected chi connectivity index (χ0v) is 14.7. The number of nitrogens with one attached hydrogen (secondary N) is 1. The molecule has 0 saturated heterocycles. The molecular weight excluding hydrogens is 328 g/mol. The van der Waals surface area contributed by atoms with Crippen molar-refractivity contribution < 1.29 is 0 Å². The summed E-state index contributed by atoms with van der Waals surface area (Å²) in [6, 6.07) is 2.45. The second-order valence-corrected chi connectivity index (χ2v) is 6.06. The van der Waals surface area contributed by atoms with Gasteiger partial charge >= 0.3 is 0 Å². The highest BCUT2D eigenvalue weighted by atomic mass is 79.9. The molecule has 1 unspecified atom stereocenters. The number of pyridine rings is 1. The number of rotatable bonds is 6. The van der Waals surface area contributed by atoms with Crippen LogP contribution < -0.4 is 5.32 Å². The van der Waals surface area contributed by atoms with E-state index >= 15 is 0 Å². The molecule has 0 radical (unpaired) electrons. The van der Waals surface area contributed by atoms with Crippen molar-refractivity contribution in [1.29, 1.82) is 0 Å². The van der Waals surface area contributed by atoms with Gasteiger partial charge in [-0.3, -0.25) is 9.67 Å². The van der Waals surface area contributed by atoms with E-state index < -0.39 is 0 Å². The first-order chi connectivity index (χ1) is 10.1. The molecule has 2 rings (SSSR count). The molecule has 2 aromatic rings. The van der Waals surface area contributed by atoms with E-state index in [1.54, 1.807) is 0 Å². The third-order valence-electron chi connectivity index (χ3n) is 3.60. The van der Waals surface area contributed by atoms with Gasteiger partial charge in [0.15, 0.2) is 0 Å². The summed E-state index contributed by atoms with van der Waals surface area (Å²) in [7, 11) is 0. The summed E-state index contributed by atoms with van der Waals surface area (Å²) >= 11 is 3.68. The van der Waals surface area contributed by atoms with Gasteiger partial charge in [-0.25, -0.2) is 0 Å². The van der Waals surface area contributed by atoms with Crippen molar-refractivity contribution in [2.24, 2.45) is 0 Å². The molecule has 2 heterocycles. The maximum Gasteiger partial charge on any atom is 0.0738 e. The molecule has 114 valence electrons. The Kier molecular flexibility index (Phi) is 5.53. The summed E-state index contributed by atoms with van der Waals surface area (Å²) in [5.41, 5.74) is 4.70. The second-order valence-electron chi connectivity index (χ2n) is 5.27. The number of hydrogen-bond donors (Lipinski definition) is 1. The first-order valence-corrected chi connectivity index (χ1v) is 8.22. The van der Waals surface area contributed by atoms with Crippen LogP contribution in [0.2, 0.25) is 0 Å². The first-order valence-electron chi connectivity index (χ1n) is 7.43. The minimum Gasteiger partial charge on any atom is -0.310 e. The van der Waals surface area contributed by atoms with Gasteiger partial charge in [-0.05, 0) is 54.4 Å². The average Bonchev–Trinajstić information content (AvgIpc) is 2.74. The van der Waals surface area contributed by atoms with Crippen molar-refractivity contribution in [1.82, 2.24) is 20.1 Å². The normalized spacial score (nSPS) is 12.6. The maximum absolute atomic E-state index is 4.58. The molecule has 1 atom stereocenters. The van der Waals surface area contributed by atoms with Gasteiger partial charge in [-0.15, -0.1) is 0 Å². The van der Waals surface area contributed by atoms with E-state index in [1.165, 1.54) is 16.8 Å². The predicted molar refractivity (Wildman–Crippen MR) is 89.4 cm³/mol. The molecule has 0 aromatic carbocycles. The van der Waals surface area contributed by atoms with E-state index in [-0.39, 0.29) is 6.04 Å². The van der Waals surface area contributed by atoms with Crippen LogP contribution >= 0.6 is 15.9 Å². The molecule has 0 amide bonds. The van der Waals surface area contributed by atoms with E-state index in [2.05, 4.69) is 62.8 Å². The molecule has 0 bridgehead atoms. The van der Waals surface area contributed by atoms with Crippen LogP contribution in [0.1, 0.15) is 42.4 Å². The molecule has 0 aliphatic heterocycles. The fourth-order valence-electron chi connectivity index (χ4n) is 2.58. The third kappa shape index (κ3) is 3.71. The lowest BCUT2D eigenvalue weighted by Crippen LogP contribution is -2.24. The van der Waals surface area contributed by atoms with Crippen molar-refractivity contribution in [3.63, 3.8) is 0 Å². The van der Waals surface area contributed by atoms with Crippen LogP contribution in [0.3, 0.4) is 0 Å². The van der Waals surface area contributed by atoms with E-state index in [1.807, 2.05) is 19.3 Å². The molecule has 1 N–H and O–H groups in total. The summed E-state index contributed by atoms with van der Waals surface area (Å²) < 4.78 is 3.19. The van der Waals surface area contributed by atoms with Crippen molar-refractivity contribution >= 4 is 15.9 Å². The van der Waals surface area contributed by atoms with Crippen molar-refractivity contribution in [3.8, 4) is 0 Å². The quantitative estimate of drug-likeness (QED) is 0.865. The molecule has 0 spiro atoms. The Bertz CT molecular complexity index is 606.